The first kappa shape index (κ1) is 67.0. The van der Waals surface area contributed by atoms with Gasteiger partial charge in [0, 0.05) is 49.6 Å². The van der Waals surface area contributed by atoms with Gasteiger partial charge in [0.05, 0.1) is 25.2 Å². The smallest absolute Gasteiger partial charge is 0.411 e. The van der Waals surface area contributed by atoms with Gasteiger partial charge in [0.15, 0.2) is 12.7 Å². The Bertz CT molecular complexity index is 2570. The molecule has 2 saturated heterocycles. The first-order chi connectivity index (χ1) is 40.3. The predicted molar refractivity (Wildman–Crippen MR) is 322 cm³/mol. The van der Waals surface area contributed by atoms with E-state index in [2.05, 4.69) is 31.3 Å². The van der Waals surface area contributed by atoms with Crippen molar-refractivity contribution in [2.75, 3.05) is 52.3 Å². The van der Waals surface area contributed by atoms with E-state index in [9.17, 15) is 38.7 Å². The van der Waals surface area contributed by atoms with Crippen LogP contribution in [0.3, 0.4) is 0 Å². The zero-order valence-electron chi connectivity index (χ0n) is 50.9. The van der Waals surface area contributed by atoms with Crippen molar-refractivity contribution >= 4 is 58.7 Å². The predicted octanol–water partition coefficient (Wildman–Crippen LogP) is 9.48. The summed E-state index contributed by atoms with van der Waals surface area (Å²) >= 11 is 1.14. The van der Waals surface area contributed by atoms with E-state index in [1.165, 1.54) is 58.3 Å². The fourth-order valence-corrected chi connectivity index (χ4v) is 12.5. The van der Waals surface area contributed by atoms with Crippen LogP contribution in [0.2, 0.25) is 0 Å². The summed E-state index contributed by atoms with van der Waals surface area (Å²) in [7, 11) is 3.63. The van der Waals surface area contributed by atoms with E-state index in [1.807, 2.05) is 39.6 Å². The number of carbonyl (C=O) groups is 7. The lowest BCUT2D eigenvalue weighted by Crippen LogP contribution is -2.58. The molecule has 0 spiro atoms. The molecule has 84 heavy (non-hydrogen) atoms. The van der Waals surface area contributed by atoms with Gasteiger partial charge in [-0.3, -0.25) is 43.8 Å². The number of rotatable bonds is 28. The third kappa shape index (κ3) is 21.4. The largest absolute Gasteiger partial charge is 0.484 e. The second-order valence-electron chi connectivity index (χ2n) is 23.9. The van der Waals surface area contributed by atoms with Gasteiger partial charge in [-0.15, -0.1) is 11.3 Å². The van der Waals surface area contributed by atoms with Crippen LogP contribution in [0.25, 0.3) is 0 Å². The molecule has 21 heteroatoms. The number of esters is 1. The number of carboxylic acid groups (broad SMARTS) is 1. The lowest BCUT2D eigenvalue weighted by Gasteiger charge is -2.38. The van der Waals surface area contributed by atoms with Gasteiger partial charge in [0.2, 0.25) is 11.8 Å². The van der Waals surface area contributed by atoms with Gasteiger partial charge in [0.25, 0.3) is 11.8 Å². The minimum atomic E-state index is -1.02. The summed E-state index contributed by atoms with van der Waals surface area (Å²) in [6, 6.07) is 12.5. The molecule has 2 aliphatic heterocycles. The summed E-state index contributed by atoms with van der Waals surface area (Å²) in [5.41, 5.74) is 4.55. The van der Waals surface area contributed by atoms with Crippen molar-refractivity contribution in [2.24, 2.45) is 23.7 Å². The number of piperidine rings is 2. The number of hydrogen-bond donors (Lipinski definition) is 5. The lowest BCUT2D eigenvalue weighted by molar-refractivity contribution is -0.149. The number of benzene rings is 2. The van der Waals surface area contributed by atoms with Gasteiger partial charge in [0.1, 0.15) is 22.5 Å². The molecule has 3 aliphatic rings. The first-order valence-corrected chi connectivity index (χ1v) is 31.5. The molecule has 2 aromatic carbocycles. The van der Waals surface area contributed by atoms with Crippen molar-refractivity contribution in [1.29, 1.82) is 0 Å². The molecule has 1 aromatic heterocycles. The van der Waals surface area contributed by atoms with Gasteiger partial charge in [-0.25, -0.2) is 15.3 Å². The molecule has 0 bridgehead atoms. The van der Waals surface area contributed by atoms with Crippen LogP contribution in [0.15, 0.2) is 53.9 Å². The Morgan fingerprint density at radius 3 is 2.10 bits per heavy atom. The molecule has 7 atom stereocenters. The van der Waals surface area contributed by atoms with Gasteiger partial charge < -0.3 is 39.8 Å². The van der Waals surface area contributed by atoms with Gasteiger partial charge in [-0.2, -0.15) is 0 Å². The third-order valence-electron chi connectivity index (χ3n) is 17.0. The van der Waals surface area contributed by atoms with Crippen LogP contribution in [0, 0.1) is 23.7 Å². The Morgan fingerprint density at radius 2 is 1.46 bits per heavy atom. The molecular formula is C63H94N8O12S. The molecule has 0 radical (unpaired) electrons. The van der Waals surface area contributed by atoms with Crippen molar-refractivity contribution in [2.45, 2.75) is 194 Å². The Labute approximate surface area is 501 Å². The number of likely N-dealkylation sites (N-methyl/N-ethyl adjacent to an activating group) is 2. The Morgan fingerprint density at radius 1 is 0.810 bits per heavy atom. The molecule has 1 saturated carbocycles. The van der Waals surface area contributed by atoms with E-state index >= 15 is 0 Å². The number of hydrogen-bond acceptors (Lipinski definition) is 15. The fraction of sp³-hybridized carbons (Fsp3) is 0.651. The number of nitrogens with one attached hydrogen (secondary N) is 4. The minimum Gasteiger partial charge on any atom is -0.484 e. The molecule has 20 nitrogen and oxygen atoms in total. The first-order valence-electron chi connectivity index (χ1n) is 30.6. The summed E-state index contributed by atoms with van der Waals surface area (Å²) in [4.78, 5) is 108. The maximum Gasteiger partial charge on any atom is 0.411 e. The van der Waals surface area contributed by atoms with E-state index in [4.69, 9.17) is 19.0 Å². The zero-order valence-corrected chi connectivity index (χ0v) is 51.7. The molecule has 5 N–H and O–H groups in total. The Kier molecular flexibility index (Phi) is 27.2. The number of carbonyl (C=O) groups excluding carboxylic acids is 6. The normalized spacial score (nSPS) is 18.9. The van der Waals surface area contributed by atoms with Crippen molar-refractivity contribution in [3.05, 3.63) is 75.7 Å². The highest BCUT2D eigenvalue weighted by Crippen LogP contribution is 2.32. The van der Waals surface area contributed by atoms with Gasteiger partial charge in [-0.05, 0) is 131 Å². The number of thiazole rings is 1. The van der Waals surface area contributed by atoms with Gasteiger partial charge in [-0.1, -0.05) is 110 Å². The molecular weight excluding hydrogens is 1090 g/mol. The van der Waals surface area contributed by atoms with Crippen molar-refractivity contribution < 1.29 is 57.7 Å². The van der Waals surface area contributed by atoms with E-state index in [0.29, 0.717) is 41.4 Å². The third-order valence-corrected chi connectivity index (χ3v) is 17.9. The summed E-state index contributed by atoms with van der Waals surface area (Å²) in [5, 5.41) is 20.6. The van der Waals surface area contributed by atoms with E-state index in [1.54, 1.807) is 72.8 Å². The molecule has 3 fully saturated rings. The molecule has 464 valence electrons. The number of likely N-dealkylation sites (tertiary alicyclic amines) is 2. The molecule has 6 rings (SSSR count). The standard InChI is InChI=1S/C63H94N8O12S/c1-9-42(4)57(67-59(75)53-20-16-17-31-69(53)7)61(76)70(8)54(41(2)3)36-55(83-44(6)72)60-66-52(40-84-60)58(74)64-49(34-43(5)62(77)78)35-45-23-27-51(28-24-45)80-39-56(73)68-82-38-46-21-25-48(26-22-46)65-63(79)81-37-47-29-32-71(33-30-47)50-18-14-12-10-11-13-15-19-50/h21-28,40-43,47,49-50,53-55,57H,9-20,29-39H2,1-8H3,(H,64,74)(H,65,79)(H,67,75)(H,68,73)(H,77,78)/t42-,43+,49-,53-,54-,55?,57+/m1/s1. The maximum atomic E-state index is 14.4. The fourth-order valence-electron chi connectivity index (χ4n) is 11.6. The van der Waals surface area contributed by atoms with Crippen LogP contribution in [0.4, 0.5) is 10.5 Å². The quantitative estimate of drug-likeness (QED) is 0.0336. The lowest BCUT2D eigenvalue weighted by atomic mass is 9.92. The zero-order chi connectivity index (χ0) is 60.7. The second kappa shape index (κ2) is 34.1. The topological polar surface area (TPSA) is 247 Å². The average Bonchev–Trinajstić information content (AvgIpc) is 3.90. The molecule has 3 aromatic rings. The monoisotopic (exact) mass is 1190 g/mol. The maximum absolute atomic E-state index is 14.4. The molecule has 1 unspecified atom stereocenters. The molecule has 1 aliphatic carbocycles. The summed E-state index contributed by atoms with van der Waals surface area (Å²) in [6.45, 7) is 13.8. The highest BCUT2D eigenvalue weighted by molar-refractivity contribution is 7.09. The number of hydroxylamine groups is 1. The highest BCUT2D eigenvalue weighted by atomic mass is 32.1. The number of aliphatic carboxylic acids is 1. The van der Waals surface area contributed by atoms with Crippen molar-refractivity contribution in [3.63, 3.8) is 0 Å². The molecule has 5 amide bonds. The van der Waals surface area contributed by atoms with E-state index in [-0.39, 0.29) is 67.9 Å². The summed E-state index contributed by atoms with van der Waals surface area (Å²) in [6.07, 6.45) is 15.3. The van der Waals surface area contributed by atoms with Gasteiger partial charge >= 0.3 is 18.0 Å². The second-order valence-corrected chi connectivity index (χ2v) is 24.8. The number of anilines is 1. The van der Waals surface area contributed by atoms with Crippen LogP contribution in [-0.4, -0.2) is 144 Å². The number of nitrogens with zero attached hydrogens (tertiary/aromatic N) is 4. The summed E-state index contributed by atoms with van der Waals surface area (Å²) in [5.74, 6) is -3.36. The average molecular weight is 1190 g/mol. The highest BCUT2D eigenvalue weighted by Gasteiger charge is 2.38. The van der Waals surface area contributed by atoms with Crippen LogP contribution >= 0.6 is 11.3 Å². The van der Waals surface area contributed by atoms with Crippen LogP contribution < -0.4 is 26.2 Å². The SMILES string of the molecule is CC[C@@H](C)[C@H](NC(=O)[C@H]1CCCCN1C)C(=O)N(C)[C@H](CC(OC(C)=O)c1nc(C(=O)N[C@@H](Cc2ccc(OCC(=O)NOCc3ccc(NC(=O)OCC4CCN(C5CCCCCCCC5)CC4)cc3)cc2)C[C@H](C)C(=O)O)cs1)C(C)C. The Balaban J connectivity index is 0.948. The number of aromatic nitrogens is 1. The van der Waals surface area contributed by atoms with Crippen LogP contribution in [-0.2, 0) is 51.3 Å². The molecule has 3 heterocycles. The van der Waals surface area contributed by atoms with E-state index in [0.717, 1.165) is 74.2 Å². The van der Waals surface area contributed by atoms with Crippen molar-refractivity contribution in [1.82, 2.24) is 35.8 Å². The number of amides is 5. The van der Waals surface area contributed by atoms with E-state index < -0.39 is 60.0 Å². The Hall–Kier alpha value is -6.16. The van der Waals surface area contributed by atoms with Crippen LogP contribution in [0.5, 0.6) is 5.75 Å². The number of carboxylic acids is 1. The van der Waals surface area contributed by atoms with Crippen LogP contribution in [0.1, 0.15) is 177 Å². The summed E-state index contributed by atoms with van der Waals surface area (Å²) < 4.78 is 17.1. The van der Waals surface area contributed by atoms with Crippen molar-refractivity contribution in [3.8, 4) is 5.75 Å². The minimum absolute atomic E-state index is 0.0546. The number of ether oxygens (including phenoxy) is 3.